The average Bonchev–Trinajstić information content (AvgIpc) is 2.55. The molecular weight excluding hydrogens is 326 g/mol. The summed E-state index contributed by atoms with van der Waals surface area (Å²) in [6, 6.07) is 5.75. The fourth-order valence-electron chi connectivity index (χ4n) is 2.21. The highest BCUT2D eigenvalue weighted by Crippen LogP contribution is 2.24. The second-order valence-corrected chi connectivity index (χ2v) is 5.19. The minimum atomic E-state index is 0. The molecule has 0 aliphatic rings. The van der Waals surface area contributed by atoms with E-state index in [2.05, 4.69) is 27.2 Å². The van der Waals surface area contributed by atoms with Gasteiger partial charge in [0, 0.05) is 18.8 Å². The number of aliphatic hydroxyl groups is 1. The molecule has 1 atom stereocenters. The molecule has 2 aromatic rings. The Morgan fingerprint density at radius 3 is 2.79 bits per heavy atom. The van der Waals surface area contributed by atoms with Gasteiger partial charge in [-0.1, -0.05) is 19.4 Å². The maximum Gasteiger partial charge on any atom is 0.222 e. The van der Waals surface area contributed by atoms with Crippen LogP contribution >= 0.6 is 13.5 Å². The van der Waals surface area contributed by atoms with E-state index in [1.807, 2.05) is 18.2 Å². The summed E-state index contributed by atoms with van der Waals surface area (Å²) in [6.07, 6.45) is 5.83. The summed E-state index contributed by atoms with van der Waals surface area (Å²) in [5.74, 6) is 1.24. The van der Waals surface area contributed by atoms with E-state index in [9.17, 15) is 5.11 Å². The number of ether oxygens (including phenoxy) is 1. The first-order chi connectivity index (χ1) is 11.2. The summed E-state index contributed by atoms with van der Waals surface area (Å²) in [5, 5.41) is 12.5. The highest BCUT2D eigenvalue weighted by Gasteiger charge is 2.13. The van der Waals surface area contributed by atoms with E-state index < -0.39 is 0 Å². The van der Waals surface area contributed by atoms with Gasteiger partial charge in [-0.25, -0.2) is 4.98 Å². The van der Waals surface area contributed by atoms with Crippen LogP contribution in [0.15, 0.2) is 30.6 Å². The Hall–Kier alpha value is -2.06. The van der Waals surface area contributed by atoms with E-state index in [4.69, 9.17) is 10.5 Å². The first-order valence-corrected chi connectivity index (χ1v) is 7.75. The van der Waals surface area contributed by atoms with Gasteiger partial charge < -0.3 is 20.9 Å². The summed E-state index contributed by atoms with van der Waals surface area (Å²) in [4.78, 5) is 12.4. The van der Waals surface area contributed by atoms with Crippen LogP contribution in [0.3, 0.4) is 0 Å². The predicted molar refractivity (Wildman–Crippen MR) is 99.4 cm³/mol. The second-order valence-electron chi connectivity index (χ2n) is 5.19. The molecule has 0 unspecified atom stereocenters. The smallest absolute Gasteiger partial charge is 0.222 e. The van der Waals surface area contributed by atoms with Gasteiger partial charge in [0.1, 0.15) is 6.61 Å². The summed E-state index contributed by atoms with van der Waals surface area (Å²) >= 11 is 0. The van der Waals surface area contributed by atoms with Gasteiger partial charge in [-0.3, -0.25) is 4.98 Å². The van der Waals surface area contributed by atoms with Crippen LogP contribution in [0.2, 0.25) is 0 Å². The molecular formula is C16H25N5O2S. The molecule has 2 aromatic heterocycles. The van der Waals surface area contributed by atoms with Gasteiger partial charge in [-0.05, 0) is 25.0 Å². The van der Waals surface area contributed by atoms with E-state index in [0.717, 1.165) is 18.5 Å². The SMILES string of the molecule is CCC[C@@H](CCO)Nc1nc(N)ncc1OCc1ccccn1.S. The molecule has 7 nitrogen and oxygen atoms in total. The molecule has 2 heterocycles. The minimum Gasteiger partial charge on any atom is -0.482 e. The standard InChI is InChI=1S/C16H23N5O2.H2S/c1-2-5-12(7-9-22)20-15-14(10-19-16(17)21-15)23-11-13-6-3-4-8-18-13;/h3-4,6,8,10,12,22H,2,5,7,9,11H2,1H3,(H3,17,19,20,21);1H2/t12-;/m0./s1. The fourth-order valence-corrected chi connectivity index (χ4v) is 2.21. The number of hydrogen-bond acceptors (Lipinski definition) is 7. The van der Waals surface area contributed by atoms with Gasteiger partial charge in [-0.2, -0.15) is 18.5 Å². The summed E-state index contributed by atoms with van der Waals surface area (Å²) < 4.78 is 5.77. The number of rotatable bonds is 9. The number of pyridine rings is 1. The maximum absolute atomic E-state index is 9.18. The van der Waals surface area contributed by atoms with Gasteiger partial charge in [0.15, 0.2) is 11.6 Å². The van der Waals surface area contributed by atoms with E-state index in [1.54, 1.807) is 12.4 Å². The molecule has 24 heavy (non-hydrogen) atoms. The maximum atomic E-state index is 9.18. The lowest BCUT2D eigenvalue weighted by Crippen LogP contribution is -2.22. The molecule has 0 aliphatic heterocycles. The molecule has 132 valence electrons. The first-order valence-electron chi connectivity index (χ1n) is 7.75. The first kappa shape index (κ1) is 20.0. The lowest BCUT2D eigenvalue weighted by molar-refractivity contribution is 0.275. The molecule has 0 aliphatic carbocycles. The predicted octanol–water partition coefficient (Wildman–Crippen LogP) is 2.11. The summed E-state index contributed by atoms with van der Waals surface area (Å²) in [7, 11) is 0. The molecule has 0 bridgehead atoms. The Balaban J connectivity index is 0.00000288. The number of nitrogens with one attached hydrogen (secondary N) is 1. The van der Waals surface area contributed by atoms with Crippen molar-refractivity contribution in [3.05, 3.63) is 36.3 Å². The van der Waals surface area contributed by atoms with Crippen molar-refractivity contribution in [2.75, 3.05) is 17.7 Å². The van der Waals surface area contributed by atoms with Gasteiger partial charge in [0.25, 0.3) is 0 Å². The Morgan fingerprint density at radius 1 is 1.29 bits per heavy atom. The van der Waals surface area contributed by atoms with Crippen molar-refractivity contribution in [3.63, 3.8) is 0 Å². The number of nitrogens with two attached hydrogens (primary N) is 1. The van der Waals surface area contributed by atoms with Crippen LogP contribution < -0.4 is 15.8 Å². The van der Waals surface area contributed by atoms with E-state index in [1.165, 1.54) is 0 Å². The molecule has 8 heteroatoms. The second kappa shape index (κ2) is 10.7. The number of aliphatic hydroxyl groups excluding tert-OH is 1. The van der Waals surface area contributed by atoms with Gasteiger partial charge in [-0.15, -0.1) is 0 Å². The quantitative estimate of drug-likeness (QED) is 0.635. The van der Waals surface area contributed by atoms with Crippen LogP contribution in [-0.4, -0.2) is 32.7 Å². The van der Waals surface area contributed by atoms with Crippen LogP contribution in [-0.2, 0) is 6.61 Å². The normalized spacial score (nSPS) is 11.4. The molecule has 2 rings (SSSR count). The van der Waals surface area contributed by atoms with Crippen molar-refractivity contribution in [2.45, 2.75) is 38.8 Å². The molecule has 4 N–H and O–H groups in total. The lowest BCUT2D eigenvalue weighted by atomic mass is 10.1. The van der Waals surface area contributed by atoms with Gasteiger partial charge in [0.2, 0.25) is 5.95 Å². The molecule has 0 saturated carbocycles. The van der Waals surface area contributed by atoms with Gasteiger partial charge in [0.05, 0.1) is 11.9 Å². The Bertz CT molecular complexity index is 594. The molecule has 0 amide bonds. The largest absolute Gasteiger partial charge is 0.482 e. The summed E-state index contributed by atoms with van der Waals surface area (Å²) in [5.41, 5.74) is 6.49. The fraction of sp³-hybridized carbons (Fsp3) is 0.438. The van der Waals surface area contributed by atoms with E-state index >= 15 is 0 Å². The number of nitrogen functional groups attached to an aromatic ring is 1. The van der Waals surface area contributed by atoms with Crippen molar-refractivity contribution in [3.8, 4) is 5.75 Å². The Labute approximate surface area is 149 Å². The number of aromatic nitrogens is 3. The molecule has 0 radical (unpaired) electrons. The zero-order valence-electron chi connectivity index (χ0n) is 13.8. The zero-order chi connectivity index (χ0) is 16.5. The van der Waals surface area contributed by atoms with Crippen LogP contribution in [0, 0.1) is 0 Å². The Morgan fingerprint density at radius 2 is 2.12 bits per heavy atom. The van der Waals surface area contributed by atoms with Crippen molar-refractivity contribution in [1.29, 1.82) is 0 Å². The highest BCUT2D eigenvalue weighted by atomic mass is 32.1. The zero-order valence-corrected chi connectivity index (χ0v) is 14.8. The number of anilines is 2. The monoisotopic (exact) mass is 351 g/mol. The van der Waals surface area contributed by atoms with Crippen LogP contribution in [0.4, 0.5) is 11.8 Å². The van der Waals surface area contributed by atoms with Crippen molar-refractivity contribution in [2.24, 2.45) is 0 Å². The van der Waals surface area contributed by atoms with E-state index in [0.29, 0.717) is 24.6 Å². The van der Waals surface area contributed by atoms with Crippen LogP contribution in [0.5, 0.6) is 5.75 Å². The summed E-state index contributed by atoms with van der Waals surface area (Å²) in [6.45, 7) is 2.53. The number of hydrogen-bond donors (Lipinski definition) is 3. The van der Waals surface area contributed by atoms with Crippen molar-refractivity contribution >= 4 is 25.3 Å². The highest BCUT2D eigenvalue weighted by molar-refractivity contribution is 7.59. The van der Waals surface area contributed by atoms with Crippen molar-refractivity contribution in [1.82, 2.24) is 15.0 Å². The van der Waals surface area contributed by atoms with Crippen LogP contribution in [0.25, 0.3) is 0 Å². The Kier molecular flexibility index (Phi) is 8.88. The third-order valence-electron chi connectivity index (χ3n) is 3.33. The van der Waals surface area contributed by atoms with Gasteiger partial charge >= 0.3 is 0 Å². The topological polar surface area (TPSA) is 106 Å². The lowest BCUT2D eigenvalue weighted by Gasteiger charge is -2.19. The molecule has 0 fully saturated rings. The average molecular weight is 351 g/mol. The molecule has 0 aromatic carbocycles. The third kappa shape index (κ3) is 6.21. The van der Waals surface area contributed by atoms with Crippen molar-refractivity contribution < 1.29 is 9.84 Å². The van der Waals surface area contributed by atoms with Crippen LogP contribution in [0.1, 0.15) is 31.9 Å². The van der Waals surface area contributed by atoms with E-state index in [-0.39, 0.29) is 32.1 Å². The third-order valence-corrected chi connectivity index (χ3v) is 3.33. The number of nitrogens with zero attached hydrogens (tertiary/aromatic N) is 3. The minimum absolute atomic E-state index is 0. The molecule has 0 saturated heterocycles. The molecule has 0 spiro atoms.